The fourth-order valence-electron chi connectivity index (χ4n) is 3.27. The second-order valence-corrected chi connectivity index (χ2v) is 6.89. The summed E-state index contributed by atoms with van der Waals surface area (Å²) in [5.74, 6) is 0. The van der Waals surface area contributed by atoms with E-state index < -0.39 is 0 Å². The Kier molecular flexibility index (Phi) is 4.39. The zero-order valence-electron chi connectivity index (χ0n) is 12.3. The van der Waals surface area contributed by atoms with Crippen molar-refractivity contribution in [3.05, 3.63) is 34.9 Å². The van der Waals surface area contributed by atoms with Crippen LogP contribution in [0, 0.1) is 0 Å². The number of benzene rings is 1. The lowest BCUT2D eigenvalue weighted by molar-refractivity contribution is 0.231. The Morgan fingerprint density at radius 2 is 2.00 bits per heavy atom. The first-order valence-corrected chi connectivity index (χ1v) is 8.36. The number of halogens is 1. The molecule has 2 saturated carbocycles. The first-order valence-electron chi connectivity index (χ1n) is 7.98. The third-order valence-electron chi connectivity index (χ3n) is 4.82. The van der Waals surface area contributed by atoms with E-state index in [0.717, 1.165) is 30.7 Å². The number of nitrogens with one attached hydrogen (secondary N) is 2. The van der Waals surface area contributed by atoms with Crippen molar-refractivity contribution >= 4 is 17.6 Å². The van der Waals surface area contributed by atoms with Crippen molar-refractivity contribution in [2.45, 2.75) is 56.4 Å². The van der Waals surface area contributed by atoms with Gasteiger partial charge in [-0.25, -0.2) is 4.79 Å². The summed E-state index contributed by atoms with van der Waals surface area (Å²) in [4.78, 5) is 12.0. The van der Waals surface area contributed by atoms with Crippen LogP contribution in [0.3, 0.4) is 0 Å². The van der Waals surface area contributed by atoms with Crippen LogP contribution in [0.15, 0.2) is 24.3 Å². The summed E-state index contributed by atoms with van der Waals surface area (Å²) >= 11 is 6.07. The van der Waals surface area contributed by atoms with Crippen molar-refractivity contribution in [3.63, 3.8) is 0 Å². The van der Waals surface area contributed by atoms with Crippen LogP contribution >= 0.6 is 11.6 Å². The highest BCUT2D eigenvalue weighted by molar-refractivity contribution is 6.30. The van der Waals surface area contributed by atoms with Gasteiger partial charge >= 0.3 is 6.03 Å². The van der Waals surface area contributed by atoms with Gasteiger partial charge in [0, 0.05) is 23.0 Å². The summed E-state index contributed by atoms with van der Waals surface area (Å²) in [6.07, 6.45) is 8.25. The Labute approximate surface area is 131 Å². The molecule has 0 spiro atoms. The lowest BCUT2D eigenvalue weighted by Gasteiger charge is -2.24. The maximum atomic E-state index is 12.0. The Morgan fingerprint density at radius 1 is 1.24 bits per heavy atom. The van der Waals surface area contributed by atoms with Gasteiger partial charge in [0.1, 0.15) is 0 Å². The van der Waals surface area contributed by atoms with E-state index in [4.69, 9.17) is 11.6 Å². The lowest BCUT2D eigenvalue weighted by atomic mass is 9.95. The quantitative estimate of drug-likeness (QED) is 0.867. The second-order valence-electron chi connectivity index (χ2n) is 6.45. The third-order valence-corrected chi connectivity index (χ3v) is 5.05. The predicted molar refractivity (Wildman–Crippen MR) is 85.8 cm³/mol. The number of rotatable bonds is 4. The first kappa shape index (κ1) is 14.7. The van der Waals surface area contributed by atoms with E-state index in [-0.39, 0.29) is 11.4 Å². The van der Waals surface area contributed by atoms with Crippen molar-refractivity contribution < 1.29 is 4.79 Å². The van der Waals surface area contributed by atoms with Crippen LogP contribution < -0.4 is 10.6 Å². The van der Waals surface area contributed by atoms with Gasteiger partial charge in [-0.05, 0) is 43.4 Å². The zero-order chi connectivity index (χ0) is 14.7. The minimum atomic E-state index is -0.0183. The molecular weight excluding hydrogens is 284 g/mol. The molecule has 21 heavy (non-hydrogen) atoms. The van der Waals surface area contributed by atoms with Crippen LogP contribution in [0.25, 0.3) is 0 Å². The Morgan fingerprint density at radius 3 is 2.67 bits per heavy atom. The van der Waals surface area contributed by atoms with Gasteiger partial charge in [0.05, 0.1) is 0 Å². The van der Waals surface area contributed by atoms with E-state index in [1.807, 2.05) is 18.2 Å². The number of carbonyl (C=O) groups is 1. The number of hydrogen-bond donors (Lipinski definition) is 2. The smallest absolute Gasteiger partial charge is 0.315 e. The van der Waals surface area contributed by atoms with Crippen LogP contribution in [0.5, 0.6) is 0 Å². The summed E-state index contributed by atoms with van der Waals surface area (Å²) in [5.41, 5.74) is 1.35. The molecule has 3 nitrogen and oxygen atoms in total. The van der Waals surface area contributed by atoms with E-state index in [0.29, 0.717) is 12.6 Å². The summed E-state index contributed by atoms with van der Waals surface area (Å²) in [6.45, 7) is 0.700. The van der Waals surface area contributed by atoms with Gasteiger partial charge in [0.15, 0.2) is 0 Å². The normalized spacial score (nSPS) is 20.8. The van der Waals surface area contributed by atoms with Crippen molar-refractivity contribution in [3.8, 4) is 0 Å². The molecule has 3 rings (SSSR count). The molecule has 0 heterocycles. The minimum absolute atomic E-state index is 0.0183. The first-order chi connectivity index (χ1) is 10.2. The molecule has 2 N–H and O–H groups in total. The Bertz CT molecular complexity index is 507. The highest BCUT2D eigenvalue weighted by Gasteiger charge is 2.44. The molecule has 0 bridgehead atoms. The largest absolute Gasteiger partial charge is 0.337 e. The molecule has 4 heteroatoms. The van der Waals surface area contributed by atoms with Gasteiger partial charge in [-0.15, -0.1) is 0 Å². The zero-order valence-corrected chi connectivity index (χ0v) is 13.1. The molecule has 2 aliphatic rings. The number of carbonyl (C=O) groups excluding carboxylic acids is 1. The number of hydrogen-bond acceptors (Lipinski definition) is 1. The maximum Gasteiger partial charge on any atom is 0.315 e. The fraction of sp³-hybridized carbons (Fsp3) is 0.588. The number of urea groups is 1. The van der Waals surface area contributed by atoms with Crippen molar-refractivity contribution in [2.75, 3.05) is 6.54 Å². The predicted octanol–water partition coefficient (Wildman–Crippen LogP) is 4.00. The van der Waals surface area contributed by atoms with Gasteiger partial charge in [-0.2, -0.15) is 0 Å². The van der Waals surface area contributed by atoms with E-state index in [9.17, 15) is 4.79 Å². The standard InChI is InChI=1S/C17H23ClN2O/c18-14-6-4-5-13(11-14)17(9-10-17)12-19-16(21)20-15-7-2-1-3-8-15/h4-6,11,15H,1-3,7-10,12H2,(H2,19,20,21). The fourth-order valence-corrected chi connectivity index (χ4v) is 3.46. The summed E-state index contributed by atoms with van der Waals surface area (Å²) < 4.78 is 0. The molecule has 1 aromatic carbocycles. The van der Waals surface area contributed by atoms with Gasteiger partial charge in [-0.1, -0.05) is 43.0 Å². The lowest BCUT2D eigenvalue weighted by Crippen LogP contribution is -2.45. The molecule has 0 atom stereocenters. The van der Waals surface area contributed by atoms with Crippen molar-refractivity contribution in [1.82, 2.24) is 10.6 Å². The van der Waals surface area contributed by atoms with E-state index >= 15 is 0 Å². The average Bonchev–Trinajstić information content (AvgIpc) is 3.28. The topological polar surface area (TPSA) is 41.1 Å². The molecule has 0 aliphatic heterocycles. The van der Waals surface area contributed by atoms with Crippen LogP contribution in [0.2, 0.25) is 5.02 Å². The van der Waals surface area contributed by atoms with Gasteiger partial charge < -0.3 is 10.6 Å². The van der Waals surface area contributed by atoms with Crippen molar-refractivity contribution in [1.29, 1.82) is 0 Å². The molecule has 2 fully saturated rings. The molecule has 1 aromatic rings. The third kappa shape index (κ3) is 3.70. The second kappa shape index (κ2) is 6.27. The van der Waals surface area contributed by atoms with Crippen LogP contribution in [-0.2, 0) is 5.41 Å². The molecule has 2 amide bonds. The highest BCUT2D eigenvalue weighted by atomic mass is 35.5. The minimum Gasteiger partial charge on any atom is -0.337 e. The highest BCUT2D eigenvalue weighted by Crippen LogP contribution is 2.48. The molecular formula is C17H23ClN2O. The van der Waals surface area contributed by atoms with E-state index in [2.05, 4.69) is 16.7 Å². The van der Waals surface area contributed by atoms with Gasteiger partial charge in [0.2, 0.25) is 0 Å². The molecule has 0 unspecified atom stereocenters. The van der Waals surface area contributed by atoms with Crippen LogP contribution in [0.4, 0.5) is 4.79 Å². The monoisotopic (exact) mass is 306 g/mol. The molecule has 114 valence electrons. The van der Waals surface area contributed by atoms with Gasteiger partial charge in [-0.3, -0.25) is 0 Å². The van der Waals surface area contributed by atoms with E-state index in [1.54, 1.807) is 0 Å². The molecule has 2 aliphatic carbocycles. The Hall–Kier alpha value is -1.22. The SMILES string of the molecule is O=C(NCC1(c2cccc(Cl)c2)CC1)NC1CCCCC1. The summed E-state index contributed by atoms with van der Waals surface area (Å²) in [7, 11) is 0. The maximum absolute atomic E-state index is 12.0. The molecule has 0 radical (unpaired) electrons. The van der Waals surface area contributed by atoms with Crippen LogP contribution in [0.1, 0.15) is 50.5 Å². The average molecular weight is 307 g/mol. The van der Waals surface area contributed by atoms with Crippen LogP contribution in [-0.4, -0.2) is 18.6 Å². The number of amides is 2. The molecule has 0 saturated heterocycles. The summed E-state index contributed by atoms with van der Waals surface area (Å²) in [6, 6.07) is 8.36. The Balaban J connectivity index is 1.51. The van der Waals surface area contributed by atoms with Gasteiger partial charge in [0.25, 0.3) is 0 Å². The van der Waals surface area contributed by atoms with Crippen molar-refractivity contribution in [2.24, 2.45) is 0 Å². The van der Waals surface area contributed by atoms with E-state index in [1.165, 1.54) is 24.8 Å². The molecule has 0 aromatic heterocycles. The summed E-state index contributed by atoms with van der Waals surface area (Å²) in [5, 5.41) is 6.93.